The highest BCUT2D eigenvalue weighted by Crippen LogP contribution is 2.16. The molecule has 0 aromatic carbocycles. The molecule has 0 aliphatic heterocycles. The van der Waals surface area contributed by atoms with E-state index in [-0.39, 0.29) is 11.8 Å². The van der Waals surface area contributed by atoms with Gasteiger partial charge in [-0.25, -0.2) is 4.98 Å². The molecular weight excluding hydrogens is 226 g/mol. The van der Waals surface area contributed by atoms with Crippen LogP contribution < -0.4 is 4.90 Å². The number of unbranched alkanes of at least 4 members (excludes halogenated alkanes) is 1. The first-order valence-electron chi connectivity index (χ1n) is 6.23. The smallest absolute Gasteiger partial charge is 0.230 e. The number of hydrogen-bond donors (Lipinski definition) is 0. The summed E-state index contributed by atoms with van der Waals surface area (Å²) >= 11 is 0. The lowest BCUT2D eigenvalue weighted by Crippen LogP contribution is -2.32. The maximum atomic E-state index is 12.2. The van der Waals surface area contributed by atoms with Crippen molar-refractivity contribution in [2.24, 2.45) is 5.92 Å². The summed E-state index contributed by atoms with van der Waals surface area (Å²) in [6, 6.07) is 5.30. The maximum absolute atomic E-state index is 12.2. The van der Waals surface area contributed by atoms with Gasteiger partial charge >= 0.3 is 0 Å². The Morgan fingerprint density at radius 1 is 1.61 bits per heavy atom. The van der Waals surface area contributed by atoms with E-state index in [1.807, 2.05) is 13.0 Å². The molecule has 18 heavy (non-hydrogen) atoms. The van der Waals surface area contributed by atoms with E-state index in [0.29, 0.717) is 11.4 Å². The Kier molecular flexibility index (Phi) is 5.31. The van der Waals surface area contributed by atoms with Crippen molar-refractivity contribution in [2.45, 2.75) is 33.1 Å². The molecule has 0 unspecified atom stereocenters. The van der Waals surface area contributed by atoms with Gasteiger partial charge < -0.3 is 0 Å². The number of anilines is 1. The SMILES string of the molecule is CCCC[C@@H](C)C(=O)N(C)c1cc(C#N)ccn1. The van der Waals surface area contributed by atoms with Gasteiger partial charge in [-0.05, 0) is 18.6 Å². The van der Waals surface area contributed by atoms with E-state index in [0.717, 1.165) is 19.3 Å². The van der Waals surface area contributed by atoms with E-state index in [2.05, 4.69) is 11.9 Å². The first-order chi connectivity index (χ1) is 8.60. The fourth-order valence-electron chi connectivity index (χ4n) is 1.75. The average molecular weight is 245 g/mol. The summed E-state index contributed by atoms with van der Waals surface area (Å²) in [7, 11) is 1.70. The molecule has 1 heterocycles. The van der Waals surface area contributed by atoms with Crippen molar-refractivity contribution in [2.75, 3.05) is 11.9 Å². The minimum Gasteiger partial charge on any atom is -0.300 e. The topological polar surface area (TPSA) is 57.0 Å². The number of hydrogen-bond acceptors (Lipinski definition) is 3. The Morgan fingerprint density at radius 2 is 2.33 bits per heavy atom. The van der Waals surface area contributed by atoms with Crippen LogP contribution in [0.25, 0.3) is 0 Å². The highest BCUT2D eigenvalue weighted by molar-refractivity contribution is 5.93. The molecule has 1 aromatic rings. The molecule has 0 aliphatic rings. The highest BCUT2D eigenvalue weighted by atomic mass is 16.2. The first kappa shape index (κ1) is 14.2. The summed E-state index contributed by atoms with van der Waals surface area (Å²) in [5.74, 6) is 0.566. The Bertz CT molecular complexity index is 451. The van der Waals surface area contributed by atoms with E-state index in [1.165, 1.54) is 4.90 Å². The maximum Gasteiger partial charge on any atom is 0.230 e. The lowest BCUT2D eigenvalue weighted by atomic mass is 10.0. The first-order valence-corrected chi connectivity index (χ1v) is 6.23. The van der Waals surface area contributed by atoms with Gasteiger partial charge in [0.1, 0.15) is 5.82 Å². The second-order valence-electron chi connectivity index (χ2n) is 4.46. The average Bonchev–Trinajstić information content (AvgIpc) is 2.43. The number of carbonyl (C=O) groups excluding carboxylic acids is 1. The van der Waals surface area contributed by atoms with Gasteiger partial charge in [0.15, 0.2) is 0 Å². The molecule has 0 saturated carbocycles. The van der Waals surface area contributed by atoms with Crippen molar-refractivity contribution in [3.8, 4) is 6.07 Å². The van der Waals surface area contributed by atoms with Crippen molar-refractivity contribution < 1.29 is 4.79 Å². The molecule has 0 N–H and O–H groups in total. The molecule has 1 rings (SSSR count). The number of aromatic nitrogens is 1. The van der Waals surface area contributed by atoms with E-state index < -0.39 is 0 Å². The second-order valence-corrected chi connectivity index (χ2v) is 4.46. The van der Waals surface area contributed by atoms with Crippen molar-refractivity contribution in [3.63, 3.8) is 0 Å². The van der Waals surface area contributed by atoms with Crippen LogP contribution in [0.4, 0.5) is 5.82 Å². The van der Waals surface area contributed by atoms with E-state index in [1.54, 1.807) is 25.4 Å². The third-order valence-electron chi connectivity index (χ3n) is 2.96. The quantitative estimate of drug-likeness (QED) is 0.801. The van der Waals surface area contributed by atoms with Crippen molar-refractivity contribution >= 4 is 11.7 Å². The molecule has 1 atom stereocenters. The molecule has 4 heteroatoms. The molecule has 1 amide bonds. The third kappa shape index (κ3) is 3.56. The standard InChI is InChI=1S/C14H19N3O/c1-4-5-6-11(2)14(18)17(3)13-9-12(10-15)7-8-16-13/h7-9,11H,4-6H2,1-3H3/t11-/m1/s1. The minimum absolute atomic E-state index is 0.0116. The zero-order valence-electron chi connectivity index (χ0n) is 11.2. The predicted molar refractivity (Wildman–Crippen MR) is 71.1 cm³/mol. The number of carbonyl (C=O) groups is 1. The Labute approximate surface area is 108 Å². The fraction of sp³-hybridized carbons (Fsp3) is 0.500. The number of pyridine rings is 1. The lowest BCUT2D eigenvalue weighted by Gasteiger charge is -2.20. The van der Waals surface area contributed by atoms with Gasteiger partial charge in [-0.15, -0.1) is 0 Å². The van der Waals surface area contributed by atoms with Crippen LogP contribution in [0, 0.1) is 17.2 Å². The van der Waals surface area contributed by atoms with Crippen LogP contribution >= 0.6 is 0 Å². The van der Waals surface area contributed by atoms with Crippen LogP contribution in [0.5, 0.6) is 0 Å². The molecule has 1 aromatic heterocycles. The van der Waals surface area contributed by atoms with Crippen LogP contribution in [0.1, 0.15) is 38.7 Å². The lowest BCUT2D eigenvalue weighted by molar-refractivity contribution is -0.121. The molecule has 4 nitrogen and oxygen atoms in total. The Morgan fingerprint density at radius 3 is 2.94 bits per heavy atom. The molecule has 0 aliphatic carbocycles. The van der Waals surface area contributed by atoms with Crippen LogP contribution in [0.2, 0.25) is 0 Å². The predicted octanol–water partition coefficient (Wildman–Crippen LogP) is 2.74. The monoisotopic (exact) mass is 245 g/mol. The summed E-state index contributed by atoms with van der Waals surface area (Å²) < 4.78 is 0. The summed E-state index contributed by atoms with van der Waals surface area (Å²) in [5, 5.41) is 8.83. The molecule has 0 bridgehead atoms. The van der Waals surface area contributed by atoms with Crippen LogP contribution in [-0.2, 0) is 4.79 Å². The Balaban J connectivity index is 2.76. The van der Waals surface area contributed by atoms with Crippen molar-refractivity contribution in [3.05, 3.63) is 23.9 Å². The van der Waals surface area contributed by atoms with Gasteiger partial charge in [0.2, 0.25) is 5.91 Å². The molecular formula is C14H19N3O. The summed E-state index contributed by atoms with van der Waals surface area (Å²) in [6.07, 6.45) is 4.57. The fourth-order valence-corrected chi connectivity index (χ4v) is 1.75. The van der Waals surface area contributed by atoms with Gasteiger partial charge in [0.25, 0.3) is 0 Å². The number of amides is 1. The Hall–Kier alpha value is -1.89. The van der Waals surface area contributed by atoms with Gasteiger partial charge in [-0.3, -0.25) is 9.69 Å². The van der Waals surface area contributed by atoms with Gasteiger partial charge in [0, 0.05) is 19.2 Å². The number of nitrogens with zero attached hydrogens (tertiary/aromatic N) is 3. The summed E-state index contributed by atoms with van der Waals surface area (Å²) in [6.45, 7) is 4.04. The number of rotatable bonds is 5. The summed E-state index contributed by atoms with van der Waals surface area (Å²) in [4.78, 5) is 17.8. The molecule has 0 saturated heterocycles. The van der Waals surface area contributed by atoms with Gasteiger partial charge in [-0.1, -0.05) is 26.7 Å². The zero-order valence-corrected chi connectivity index (χ0v) is 11.2. The van der Waals surface area contributed by atoms with E-state index in [9.17, 15) is 4.79 Å². The van der Waals surface area contributed by atoms with Crippen molar-refractivity contribution in [1.29, 1.82) is 5.26 Å². The van der Waals surface area contributed by atoms with Gasteiger partial charge in [0.05, 0.1) is 11.6 Å². The largest absolute Gasteiger partial charge is 0.300 e. The summed E-state index contributed by atoms with van der Waals surface area (Å²) in [5.41, 5.74) is 0.515. The molecule has 96 valence electrons. The normalized spacial score (nSPS) is 11.7. The van der Waals surface area contributed by atoms with E-state index >= 15 is 0 Å². The molecule has 0 spiro atoms. The van der Waals surface area contributed by atoms with Crippen LogP contribution in [0.3, 0.4) is 0 Å². The van der Waals surface area contributed by atoms with Crippen molar-refractivity contribution in [1.82, 2.24) is 4.98 Å². The van der Waals surface area contributed by atoms with Crippen LogP contribution in [0.15, 0.2) is 18.3 Å². The second kappa shape index (κ2) is 6.75. The third-order valence-corrected chi connectivity index (χ3v) is 2.96. The van der Waals surface area contributed by atoms with Gasteiger partial charge in [-0.2, -0.15) is 5.26 Å². The zero-order chi connectivity index (χ0) is 13.5. The highest BCUT2D eigenvalue weighted by Gasteiger charge is 2.19. The minimum atomic E-state index is -0.0116. The molecule has 0 fully saturated rings. The van der Waals surface area contributed by atoms with Crippen LogP contribution in [-0.4, -0.2) is 17.9 Å². The van der Waals surface area contributed by atoms with E-state index in [4.69, 9.17) is 5.26 Å². The number of nitriles is 1. The molecule has 0 radical (unpaired) electrons.